The molecule has 2 aromatic heterocycles. The molecule has 2 atom stereocenters. The van der Waals surface area contributed by atoms with E-state index in [4.69, 9.17) is 0 Å². The number of imidazole rings is 2. The molecule has 1 unspecified atom stereocenters. The van der Waals surface area contributed by atoms with E-state index in [0.29, 0.717) is 0 Å². The Balaban J connectivity index is 0.000000152. The van der Waals surface area contributed by atoms with Crippen LogP contribution in [0.25, 0.3) is 22.3 Å². The molecule has 0 aliphatic rings. The van der Waals surface area contributed by atoms with Crippen molar-refractivity contribution >= 4 is 0 Å². The molecule has 0 N–H and O–H groups in total. The zero-order valence-corrected chi connectivity index (χ0v) is 26.6. The van der Waals surface area contributed by atoms with Crippen molar-refractivity contribution in [3.63, 3.8) is 0 Å². The van der Waals surface area contributed by atoms with Crippen molar-refractivity contribution in [2.45, 2.75) is 12.1 Å². The number of hydrogen-bond acceptors (Lipinski definition) is 2. The van der Waals surface area contributed by atoms with Crippen molar-refractivity contribution in [1.82, 2.24) is 19.1 Å². The second-order valence-electron chi connectivity index (χ2n) is 11.6. The lowest BCUT2D eigenvalue weighted by molar-refractivity contribution is 0.677. The third-order valence-corrected chi connectivity index (χ3v) is 8.54. The van der Waals surface area contributed by atoms with Crippen LogP contribution in [0.2, 0.25) is 0 Å². The van der Waals surface area contributed by atoms with Crippen molar-refractivity contribution < 1.29 is 0 Å². The number of benzene rings is 6. The van der Waals surface area contributed by atoms with Gasteiger partial charge in [-0.3, -0.25) is 0 Å². The van der Waals surface area contributed by atoms with Gasteiger partial charge in [-0.25, -0.2) is 9.97 Å². The van der Waals surface area contributed by atoms with E-state index in [9.17, 15) is 0 Å². The van der Waals surface area contributed by atoms with E-state index in [-0.39, 0.29) is 12.1 Å². The van der Waals surface area contributed by atoms with Crippen LogP contribution in [0.4, 0.5) is 0 Å². The van der Waals surface area contributed by atoms with Crippen LogP contribution in [0.1, 0.15) is 34.3 Å². The number of rotatable bonds is 8. The summed E-state index contributed by atoms with van der Waals surface area (Å²) in [5.74, 6) is 0. The minimum absolute atomic E-state index is 0.138. The molecule has 0 radical (unpaired) electrons. The molecular formula is C44H36N4. The maximum absolute atomic E-state index is 4.22. The van der Waals surface area contributed by atoms with Gasteiger partial charge in [0.2, 0.25) is 0 Å². The Hall–Kier alpha value is -6.26. The molecule has 4 heteroatoms. The van der Waals surface area contributed by atoms with Crippen LogP contribution in [0.15, 0.2) is 207 Å². The SMILES string of the molecule is c1ccc(-c2ccc(C(c3ccccc3)n3ccnc3)cc2)cc1.c1ccc(-c2ccc([C@@H](c3ccccc3)n3ccnc3)cc2)cc1. The monoisotopic (exact) mass is 620 g/mol. The first-order valence-corrected chi connectivity index (χ1v) is 16.2. The highest BCUT2D eigenvalue weighted by atomic mass is 15.1. The lowest BCUT2D eigenvalue weighted by Gasteiger charge is -2.20. The van der Waals surface area contributed by atoms with Gasteiger partial charge in [-0.15, -0.1) is 0 Å². The van der Waals surface area contributed by atoms with Crippen molar-refractivity contribution in [3.05, 3.63) is 230 Å². The summed E-state index contributed by atoms with van der Waals surface area (Å²) in [6, 6.07) is 59.9. The Labute approximate surface area is 282 Å². The van der Waals surface area contributed by atoms with E-state index >= 15 is 0 Å². The molecule has 0 saturated carbocycles. The van der Waals surface area contributed by atoms with E-state index in [2.05, 4.69) is 165 Å². The van der Waals surface area contributed by atoms with E-state index in [1.165, 1.54) is 44.5 Å². The summed E-state index contributed by atoms with van der Waals surface area (Å²) >= 11 is 0. The average Bonchev–Trinajstić information content (AvgIpc) is 3.91. The smallest absolute Gasteiger partial charge is 0.0954 e. The Bertz CT molecular complexity index is 1920. The molecule has 0 saturated heterocycles. The quantitative estimate of drug-likeness (QED) is 0.169. The molecule has 8 rings (SSSR count). The van der Waals surface area contributed by atoms with Gasteiger partial charge in [-0.1, -0.05) is 170 Å². The van der Waals surface area contributed by atoms with Crippen LogP contribution in [-0.4, -0.2) is 19.1 Å². The highest BCUT2D eigenvalue weighted by Gasteiger charge is 2.17. The molecule has 0 fully saturated rings. The maximum atomic E-state index is 4.22. The van der Waals surface area contributed by atoms with Crippen LogP contribution >= 0.6 is 0 Å². The van der Waals surface area contributed by atoms with Gasteiger partial charge >= 0.3 is 0 Å². The van der Waals surface area contributed by atoms with Crippen LogP contribution in [-0.2, 0) is 0 Å². The zero-order chi connectivity index (χ0) is 32.4. The van der Waals surface area contributed by atoms with Gasteiger partial charge < -0.3 is 9.13 Å². The minimum Gasteiger partial charge on any atom is -0.326 e. The lowest BCUT2D eigenvalue weighted by Crippen LogP contribution is -2.10. The third kappa shape index (κ3) is 7.09. The summed E-state index contributed by atoms with van der Waals surface area (Å²) in [6.07, 6.45) is 11.4. The van der Waals surface area contributed by atoms with E-state index < -0.39 is 0 Å². The van der Waals surface area contributed by atoms with Gasteiger partial charge in [-0.05, 0) is 44.5 Å². The molecule has 8 aromatic rings. The second kappa shape index (κ2) is 14.9. The Morgan fingerprint density at radius 3 is 0.917 bits per heavy atom. The maximum Gasteiger partial charge on any atom is 0.0954 e. The molecule has 48 heavy (non-hydrogen) atoms. The average molecular weight is 621 g/mol. The van der Waals surface area contributed by atoms with E-state index in [1.54, 1.807) is 0 Å². The van der Waals surface area contributed by atoms with E-state index in [1.807, 2.05) is 61.7 Å². The molecule has 2 heterocycles. The first-order chi connectivity index (χ1) is 23.8. The van der Waals surface area contributed by atoms with Crippen LogP contribution in [0, 0.1) is 0 Å². The van der Waals surface area contributed by atoms with Gasteiger partial charge in [0, 0.05) is 24.8 Å². The largest absolute Gasteiger partial charge is 0.326 e. The first-order valence-electron chi connectivity index (χ1n) is 16.2. The van der Waals surface area contributed by atoms with Gasteiger partial charge in [0.1, 0.15) is 0 Å². The summed E-state index contributed by atoms with van der Waals surface area (Å²) in [5.41, 5.74) is 9.95. The fourth-order valence-electron chi connectivity index (χ4n) is 6.17. The fraction of sp³-hybridized carbons (Fsp3) is 0.0455. The summed E-state index contributed by atoms with van der Waals surface area (Å²) < 4.78 is 4.29. The van der Waals surface area contributed by atoms with Crippen LogP contribution in [0.5, 0.6) is 0 Å². The van der Waals surface area contributed by atoms with E-state index in [0.717, 1.165) is 0 Å². The summed E-state index contributed by atoms with van der Waals surface area (Å²) in [5, 5.41) is 0. The molecule has 232 valence electrons. The van der Waals surface area contributed by atoms with Crippen molar-refractivity contribution in [2.75, 3.05) is 0 Å². The Kier molecular flexibility index (Phi) is 9.43. The topological polar surface area (TPSA) is 35.6 Å². The normalized spacial score (nSPS) is 12.0. The summed E-state index contributed by atoms with van der Waals surface area (Å²) in [4.78, 5) is 8.44. The predicted molar refractivity (Wildman–Crippen MR) is 196 cm³/mol. The Morgan fingerprint density at radius 1 is 0.312 bits per heavy atom. The Morgan fingerprint density at radius 2 is 0.604 bits per heavy atom. The molecule has 6 aromatic carbocycles. The van der Waals surface area contributed by atoms with Gasteiger partial charge in [0.25, 0.3) is 0 Å². The van der Waals surface area contributed by atoms with Gasteiger partial charge in [0.05, 0.1) is 24.7 Å². The van der Waals surface area contributed by atoms with Crippen LogP contribution in [0.3, 0.4) is 0 Å². The predicted octanol–water partition coefficient (Wildman–Crippen LogP) is 10.4. The third-order valence-electron chi connectivity index (χ3n) is 8.54. The molecule has 4 nitrogen and oxygen atoms in total. The fourth-order valence-corrected chi connectivity index (χ4v) is 6.17. The number of hydrogen-bond donors (Lipinski definition) is 0. The first kappa shape index (κ1) is 30.4. The molecule has 0 aliphatic heterocycles. The molecular weight excluding hydrogens is 585 g/mol. The summed E-state index contributed by atoms with van der Waals surface area (Å²) in [7, 11) is 0. The molecule has 0 bridgehead atoms. The lowest BCUT2D eigenvalue weighted by atomic mass is 9.96. The highest BCUT2D eigenvalue weighted by Crippen LogP contribution is 2.30. The zero-order valence-electron chi connectivity index (χ0n) is 26.6. The molecule has 0 spiro atoms. The number of aromatic nitrogens is 4. The van der Waals surface area contributed by atoms with Gasteiger partial charge in [-0.2, -0.15) is 0 Å². The number of nitrogens with zero attached hydrogens (tertiary/aromatic N) is 4. The molecule has 0 aliphatic carbocycles. The van der Waals surface area contributed by atoms with Crippen molar-refractivity contribution in [3.8, 4) is 22.3 Å². The highest BCUT2D eigenvalue weighted by molar-refractivity contribution is 5.64. The van der Waals surface area contributed by atoms with Crippen LogP contribution < -0.4 is 0 Å². The standard InChI is InChI=1S/2C22H18N2/c2*1-3-7-18(8-4-1)19-11-13-21(14-12-19)22(24-16-15-23-17-24)20-9-5-2-6-10-20/h2*1-17,22H/t22-;/m1./s1. The van der Waals surface area contributed by atoms with Crippen molar-refractivity contribution in [2.24, 2.45) is 0 Å². The van der Waals surface area contributed by atoms with Crippen molar-refractivity contribution in [1.29, 1.82) is 0 Å². The minimum atomic E-state index is 0.138. The summed E-state index contributed by atoms with van der Waals surface area (Å²) in [6.45, 7) is 0. The van der Waals surface area contributed by atoms with Gasteiger partial charge in [0.15, 0.2) is 0 Å². The molecule has 0 amide bonds. The second-order valence-corrected chi connectivity index (χ2v) is 11.6.